The standard InChI is InChI=1S/C25H21F2NO5/c1-14(2)13-33-17-8-5-15(6-9-17)23(29)21-22(20-4-3-11-32-20)28(25(31)24(21)30)19-12-16(26)7-10-18(19)27/h3-12,14,22,29H,13H2,1-2H3/b23-21-. The zero-order chi connectivity index (χ0) is 23.7. The molecule has 1 N–H and O–H groups in total. The van der Waals surface area contributed by atoms with Crippen molar-refractivity contribution in [1.29, 1.82) is 0 Å². The number of carbonyl (C=O) groups excluding carboxylic acids is 2. The number of ketones is 1. The normalized spacial score (nSPS) is 17.7. The summed E-state index contributed by atoms with van der Waals surface area (Å²) in [6.07, 6.45) is 1.32. The van der Waals surface area contributed by atoms with E-state index in [1.54, 1.807) is 24.3 Å². The van der Waals surface area contributed by atoms with E-state index < -0.39 is 40.8 Å². The van der Waals surface area contributed by atoms with Crippen molar-refractivity contribution in [2.45, 2.75) is 19.9 Å². The van der Waals surface area contributed by atoms with Crippen LogP contribution in [0.1, 0.15) is 31.2 Å². The largest absolute Gasteiger partial charge is 0.507 e. The average molecular weight is 453 g/mol. The Morgan fingerprint density at radius 3 is 2.48 bits per heavy atom. The first-order valence-corrected chi connectivity index (χ1v) is 10.3. The van der Waals surface area contributed by atoms with Gasteiger partial charge < -0.3 is 14.3 Å². The van der Waals surface area contributed by atoms with E-state index >= 15 is 0 Å². The molecule has 170 valence electrons. The second-order valence-electron chi connectivity index (χ2n) is 8.01. The molecule has 0 spiro atoms. The van der Waals surface area contributed by atoms with Gasteiger partial charge in [0.25, 0.3) is 11.7 Å². The second-order valence-corrected chi connectivity index (χ2v) is 8.01. The summed E-state index contributed by atoms with van der Waals surface area (Å²) >= 11 is 0. The molecule has 1 amide bonds. The SMILES string of the molecule is CC(C)COc1ccc(/C(O)=C2/C(=O)C(=O)N(c3cc(F)ccc3F)C2c2ccco2)cc1. The number of furan rings is 1. The summed E-state index contributed by atoms with van der Waals surface area (Å²) in [6, 6.07) is 10.6. The molecule has 1 aliphatic rings. The number of nitrogens with zero attached hydrogens (tertiary/aromatic N) is 1. The third kappa shape index (κ3) is 4.24. The summed E-state index contributed by atoms with van der Waals surface area (Å²) < 4.78 is 39.5. The third-order valence-corrected chi connectivity index (χ3v) is 5.14. The number of carbonyl (C=O) groups is 2. The molecule has 6 nitrogen and oxygen atoms in total. The molecule has 0 aliphatic carbocycles. The van der Waals surface area contributed by atoms with Crippen molar-refractivity contribution in [3.8, 4) is 5.75 Å². The number of anilines is 1. The lowest BCUT2D eigenvalue weighted by Crippen LogP contribution is -2.30. The lowest BCUT2D eigenvalue weighted by Gasteiger charge is -2.23. The molecule has 3 aromatic rings. The fourth-order valence-electron chi connectivity index (χ4n) is 3.59. The van der Waals surface area contributed by atoms with Gasteiger partial charge in [0.2, 0.25) is 0 Å². The molecule has 1 atom stereocenters. The number of rotatable bonds is 6. The number of aliphatic hydroxyl groups is 1. The number of amides is 1. The van der Waals surface area contributed by atoms with Gasteiger partial charge in [-0.2, -0.15) is 0 Å². The molecule has 1 fully saturated rings. The van der Waals surface area contributed by atoms with E-state index in [9.17, 15) is 23.5 Å². The Bertz CT molecular complexity index is 1220. The van der Waals surface area contributed by atoms with Gasteiger partial charge in [0, 0.05) is 11.6 Å². The van der Waals surface area contributed by atoms with Gasteiger partial charge in [-0.15, -0.1) is 0 Å². The van der Waals surface area contributed by atoms with Gasteiger partial charge >= 0.3 is 0 Å². The number of hydrogen-bond acceptors (Lipinski definition) is 5. The maximum atomic E-state index is 14.6. The highest BCUT2D eigenvalue weighted by atomic mass is 19.1. The molecule has 1 aliphatic heterocycles. The summed E-state index contributed by atoms with van der Waals surface area (Å²) in [5.41, 5.74) is -0.481. The van der Waals surface area contributed by atoms with Crippen molar-refractivity contribution in [3.63, 3.8) is 0 Å². The molecule has 0 bridgehead atoms. The number of aliphatic hydroxyl groups excluding tert-OH is 1. The van der Waals surface area contributed by atoms with Gasteiger partial charge in [0.15, 0.2) is 0 Å². The number of hydrogen-bond donors (Lipinski definition) is 1. The van der Waals surface area contributed by atoms with E-state index in [1.807, 2.05) is 13.8 Å². The Labute approximate surface area is 188 Å². The first-order chi connectivity index (χ1) is 15.8. The Morgan fingerprint density at radius 1 is 1.12 bits per heavy atom. The number of halogens is 2. The van der Waals surface area contributed by atoms with Crippen LogP contribution in [0.5, 0.6) is 5.75 Å². The summed E-state index contributed by atoms with van der Waals surface area (Å²) in [5, 5.41) is 11.0. The highest BCUT2D eigenvalue weighted by Crippen LogP contribution is 2.43. The van der Waals surface area contributed by atoms with E-state index in [2.05, 4.69) is 0 Å². The quantitative estimate of drug-likeness (QED) is 0.315. The Balaban J connectivity index is 1.81. The minimum atomic E-state index is -1.28. The van der Waals surface area contributed by atoms with Crippen LogP contribution in [-0.4, -0.2) is 23.4 Å². The molecular formula is C25H21F2NO5. The maximum absolute atomic E-state index is 14.6. The lowest BCUT2D eigenvalue weighted by molar-refractivity contribution is -0.132. The number of benzene rings is 2. The predicted molar refractivity (Wildman–Crippen MR) is 117 cm³/mol. The molecular weight excluding hydrogens is 432 g/mol. The number of Topliss-reactive ketones (excluding diaryl/α,β-unsaturated/α-hetero) is 1. The van der Waals surface area contributed by atoms with Crippen molar-refractivity contribution in [1.82, 2.24) is 0 Å². The zero-order valence-electron chi connectivity index (χ0n) is 17.9. The summed E-state index contributed by atoms with van der Waals surface area (Å²) in [4.78, 5) is 26.7. The van der Waals surface area contributed by atoms with Crippen LogP contribution in [0.2, 0.25) is 0 Å². The van der Waals surface area contributed by atoms with Crippen LogP contribution in [0.15, 0.2) is 70.9 Å². The van der Waals surface area contributed by atoms with E-state index in [0.29, 0.717) is 18.3 Å². The number of ether oxygens (including phenoxy) is 1. The predicted octanol–water partition coefficient (Wildman–Crippen LogP) is 5.22. The maximum Gasteiger partial charge on any atom is 0.300 e. The molecule has 1 unspecified atom stereocenters. The monoisotopic (exact) mass is 453 g/mol. The average Bonchev–Trinajstić information content (AvgIpc) is 3.41. The smallest absolute Gasteiger partial charge is 0.300 e. The fraction of sp³-hybridized carbons (Fsp3) is 0.200. The highest BCUT2D eigenvalue weighted by Gasteiger charge is 2.49. The van der Waals surface area contributed by atoms with Crippen LogP contribution in [0.4, 0.5) is 14.5 Å². The van der Waals surface area contributed by atoms with Crippen molar-refractivity contribution in [2.75, 3.05) is 11.5 Å². The van der Waals surface area contributed by atoms with E-state index in [0.717, 1.165) is 23.1 Å². The van der Waals surface area contributed by atoms with Gasteiger partial charge in [0.1, 0.15) is 34.9 Å². The van der Waals surface area contributed by atoms with E-state index in [-0.39, 0.29) is 16.9 Å². The Morgan fingerprint density at radius 2 is 1.85 bits per heavy atom. The van der Waals surface area contributed by atoms with Crippen LogP contribution in [0.3, 0.4) is 0 Å². The summed E-state index contributed by atoms with van der Waals surface area (Å²) in [6.45, 7) is 4.53. The van der Waals surface area contributed by atoms with Crippen LogP contribution >= 0.6 is 0 Å². The van der Waals surface area contributed by atoms with Gasteiger partial charge in [-0.3, -0.25) is 14.5 Å². The van der Waals surface area contributed by atoms with Crippen molar-refractivity contribution in [3.05, 3.63) is 89.4 Å². The van der Waals surface area contributed by atoms with Crippen LogP contribution < -0.4 is 9.64 Å². The first kappa shape index (κ1) is 22.3. The highest BCUT2D eigenvalue weighted by molar-refractivity contribution is 6.51. The molecule has 1 aromatic heterocycles. The Hall–Kier alpha value is -3.94. The first-order valence-electron chi connectivity index (χ1n) is 10.3. The van der Waals surface area contributed by atoms with Crippen LogP contribution in [0.25, 0.3) is 5.76 Å². The zero-order valence-corrected chi connectivity index (χ0v) is 17.9. The van der Waals surface area contributed by atoms with Crippen LogP contribution in [0, 0.1) is 17.6 Å². The molecule has 2 heterocycles. The van der Waals surface area contributed by atoms with Crippen molar-refractivity contribution in [2.24, 2.45) is 5.92 Å². The molecule has 33 heavy (non-hydrogen) atoms. The van der Waals surface area contributed by atoms with Gasteiger partial charge in [-0.1, -0.05) is 13.8 Å². The van der Waals surface area contributed by atoms with Gasteiger partial charge in [-0.05, 0) is 54.4 Å². The molecule has 0 radical (unpaired) electrons. The minimum Gasteiger partial charge on any atom is -0.507 e. The van der Waals surface area contributed by atoms with E-state index in [4.69, 9.17) is 9.15 Å². The topological polar surface area (TPSA) is 80.0 Å². The Kier molecular flexibility index (Phi) is 6.00. The fourth-order valence-corrected chi connectivity index (χ4v) is 3.59. The molecule has 0 saturated carbocycles. The van der Waals surface area contributed by atoms with Gasteiger partial charge in [0.05, 0.1) is 24.1 Å². The van der Waals surface area contributed by atoms with Crippen molar-refractivity contribution >= 4 is 23.1 Å². The van der Waals surface area contributed by atoms with Gasteiger partial charge in [-0.25, -0.2) is 8.78 Å². The molecule has 2 aromatic carbocycles. The summed E-state index contributed by atoms with van der Waals surface area (Å²) in [7, 11) is 0. The van der Waals surface area contributed by atoms with E-state index in [1.165, 1.54) is 18.4 Å². The second kappa shape index (κ2) is 8.90. The molecule has 8 heteroatoms. The molecule has 1 saturated heterocycles. The third-order valence-electron chi connectivity index (χ3n) is 5.14. The van der Waals surface area contributed by atoms with Crippen molar-refractivity contribution < 1.29 is 32.6 Å². The molecule has 4 rings (SSSR count). The summed E-state index contributed by atoms with van der Waals surface area (Å²) in [5.74, 6) is -3.31. The minimum absolute atomic E-state index is 0.108. The lowest BCUT2D eigenvalue weighted by atomic mass is 9.99. The van der Waals surface area contributed by atoms with Crippen LogP contribution in [-0.2, 0) is 9.59 Å².